The molecule has 0 amide bonds. The lowest BCUT2D eigenvalue weighted by atomic mass is 10.3. The van der Waals surface area contributed by atoms with E-state index in [0.29, 0.717) is 21.6 Å². The average molecular weight is 539 g/mol. The Labute approximate surface area is 232 Å². The summed E-state index contributed by atoms with van der Waals surface area (Å²) in [7, 11) is -4.91. The summed E-state index contributed by atoms with van der Waals surface area (Å²) in [6.45, 7) is 0. The zero-order valence-corrected chi connectivity index (χ0v) is 22.4. The van der Waals surface area contributed by atoms with E-state index in [1.807, 2.05) is 109 Å². The summed E-state index contributed by atoms with van der Waals surface area (Å²) in [5, 5.41) is 4.72. The maximum absolute atomic E-state index is 7.12. The Balaban J connectivity index is 1.99. The minimum absolute atomic E-state index is 0.517. The predicted molar refractivity (Wildman–Crippen MR) is 158 cm³/mol. The van der Waals surface area contributed by atoms with Gasteiger partial charge >= 0.3 is 0 Å². The third-order valence-corrected chi connectivity index (χ3v) is 14.9. The lowest BCUT2D eigenvalue weighted by molar-refractivity contribution is 0.464. The predicted octanol–water partition coefficient (Wildman–Crippen LogP) is 8.12. The molecule has 194 valence electrons. The molecular formula is C34H26N4OS. The van der Waals surface area contributed by atoms with Crippen molar-refractivity contribution in [1.29, 1.82) is 0 Å². The molecule has 0 saturated carbocycles. The van der Waals surface area contributed by atoms with Crippen molar-refractivity contribution in [2.45, 2.75) is 24.7 Å². The van der Waals surface area contributed by atoms with Gasteiger partial charge < -0.3 is 4.74 Å². The maximum atomic E-state index is 7.12. The number of terminal acetylenes is 1. The van der Waals surface area contributed by atoms with Crippen LogP contribution in [0.3, 0.4) is 0 Å². The number of nitrogens with zero attached hydrogens (tertiary/aromatic N) is 4. The fraction of sp³-hybridized carbons (Fsp3) is 0. The summed E-state index contributed by atoms with van der Waals surface area (Å²) in [4.78, 5) is 21.7. The van der Waals surface area contributed by atoms with Crippen LogP contribution < -0.4 is 4.74 Å². The Kier molecular flexibility index (Phi) is 5.95. The third-order valence-electron chi connectivity index (χ3n) is 7.44. The molecule has 4 aromatic heterocycles. The minimum Gasteiger partial charge on any atom is -0.455 e. The molecule has 6 aromatic rings. The van der Waals surface area contributed by atoms with Crippen LogP contribution in [0.2, 0.25) is 0 Å². The molecule has 0 radical (unpaired) electrons. The lowest BCUT2D eigenvalue weighted by Crippen LogP contribution is -2.39. The van der Waals surface area contributed by atoms with Crippen LogP contribution in [-0.2, 0) is 0 Å². The number of aromatic nitrogens is 4. The van der Waals surface area contributed by atoms with E-state index in [1.165, 1.54) is 0 Å². The van der Waals surface area contributed by atoms with Gasteiger partial charge in [0.2, 0.25) is 0 Å². The summed E-state index contributed by atoms with van der Waals surface area (Å²) in [6, 6.07) is 37.2. The third kappa shape index (κ3) is 3.01. The Bertz CT molecular complexity index is 1640. The van der Waals surface area contributed by atoms with E-state index < -0.39 is 8.29 Å². The van der Waals surface area contributed by atoms with Gasteiger partial charge in [-0.3, -0.25) is 15.0 Å². The first-order valence-corrected chi connectivity index (χ1v) is 15.2. The molecule has 6 heteroatoms. The van der Waals surface area contributed by atoms with Crippen LogP contribution in [0.5, 0.6) is 11.5 Å². The minimum atomic E-state index is -4.91. The molecule has 5 nitrogen and oxygen atoms in total. The first-order chi connectivity index (χ1) is 19.7. The van der Waals surface area contributed by atoms with Crippen LogP contribution in [0.4, 0.5) is 0 Å². The van der Waals surface area contributed by atoms with E-state index in [-0.39, 0.29) is 0 Å². The molecule has 0 aliphatic heterocycles. The molecule has 0 saturated heterocycles. The fourth-order valence-electron chi connectivity index (χ4n) is 5.71. The Morgan fingerprint density at radius 3 is 1.88 bits per heavy atom. The van der Waals surface area contributed by atoms with Crippen molar-refractivity contribution in [3.8, 4) is 23.2 Å². The molecule has 0 unspecified atom stereocenters. The number of pyridine rings is 4. The average Bonchev–Trinajstić information content (AvgIpc) is 3.06. The summed E-state index contributed by atoms with van der Waals surface area (Å²) in [5.41, 5.74) is 0. The first kappa shape index (κ1) is 25.1. The van der Waals surface area contributed by atoms with Crippen molar-refractivity contribution in [2.24, 2.45) is 0 Å². The van der Waals surface area contributed by atoms with E-state index in [0.717, 1.165) is 14.7 Å². The quantitative estimate of drug-likeness (QED) is 0.192. The van der Waals surface area contributed by atoms with Crippen LogP contribution in [0.15, 0.2) is 177 Å². The highest BCUT2D eigenvalue weighted by molar-refractivity contribution is 8.67. The van der Waals surface area contributed by atoms with Gasteiger partial charge in [-0.25, -0.2) is 4.98 Å². The molecule has 0 spiro atoms. The standard InChI is InChI=1S/C34H26N4OS/c1-2-40(29-15-7-4-8-16-29,30-20-25-35-26-21-30,31-17-11-22-36-27-31,33-19-9-10-23-37-33)34-32(18-12-24-38-34)39-28-13-5-3-6-14-28/h1,3-27H. The van der Waals surface area contributed by atoms with Crippen molar-refractivity contribution in [3.63, 3.8) is 0 Å². The zero-order valence-electron chi connectivity index (χ0n) is 21.6. The van der Waals surface area contributed by atoms with Crippen LogP contribution in [0.1, 0.15) is 0 Å². The van der Waals surface area contributed by atoms with Crippen molar-refractivity contribution in [2.75, 3.05) is 0 Å². The molecular weight excluding hydrogens is 512 g/mol. The molecule has 0 aliphatic rings. The zero-order chi connectivity index (χ0) is 27.4. The normalized spacial score (nSPS) is 12.9. The van der Waals surface area contributed by atoms with E-state index in [9.17, 15) is 0 Å². The number of hydrogen-bond donors (Lipinski definition) is 0. The Morgan fingerprint density at radius 1 is 0.550 bits per heavy atom. The van der Waals surface area contributed by atoms with Gasteiger partial charge in [0.25, 0.3) is 0 Å². The fourth-order valence-corrected chi connectivity index (χ4v) is 12.8. The van der Waals surface area contributed by atoms with Crippen molar-refractivity contribution in [3.05, 3.63) is 152 Å². The van der Waals surface area contributed by atoms with E-state index in [2.05, 4.69) is 27.4 Å². The van der Waals surface area contributed by atoms with Gasteiger partial charge in [0, 0.05) is 51.9 Å². The van der Waals surface area contributed by atoms with Gasteiger partial charge in [0.15, 0.2) is 5.75 Å². The van der Waals surface area contributed by atoms with Crippen LogP contribution in [0, 0.1) is 11.7 Å². The highest BCUT2D eigenvalue weighted by Gasteiger charge is 2.71. The monoisotopic (exact) mass is 538 g/mol. The van der Waals surface area contributed by atoms with E-state index >= 15 is 0 Å². The van der Waals surface area contributed by atoms with Gasteiger partial charge in [-0.15, -0.1) is 6.42 Å². The number of ether oxygens (including phenoxy) is 1. The SMILES string of the molecule is C#CS(c1ccccc1)(c1ccncc1)(c1cccnc1)(c1ccccn1)c1ncccc1Oc1ccccc1. The molecule has 0 bridgehead atoms. The molecule has 40 heavy (non-hydrogen) atoms. The van der Waals surface area contributed by atoms with E-state index in [4.69, 9.17) is 21.1 Å². The van der Waals surface area contributed by atoms with E-state index in [1.54, 1.807) is 31.0 Å². The highest BCUT2D eigenvalue weighted by atomic mass is 32.4. The van der Waals surface area contributed by atoms with Crippen molar-refractivity contribution >= 4 is 8.29 Å². The van der Waals surface area contributed by atoms with Crippen LogP contribution in [0.25, 0.3) is 0 Å². The molecule has 0 aliphatic carbocycles. The van der Waals surface area contributed by atoms with Crippen molar-refractivity contribution in [1.82, 2.24) is 19.9 Å². The number of rotatable bonds is 7. The van der Waals surface area contributed by atoms with Gasteiger partial charge in [-0.2, -0.15) is 0 Å². The molecule has 6 rings (SSSR count). The smallest absolute Gasteiger partial charge is 0.158 e. The maximum Gasteiger partial charge on any atom is 0.158 e. The molecule has 0 N–H and O–H groups in total. The van der Waals surface area contributed by atoms with Crippen molar-refractivity contribution < 1.29 is 4.74 Å². The van der Waals surface area contributed by atoms with Gasteiger partial charge in [0.1, 0.15) is 10.8 Å². The second kappa shape index (κ2) is 9.49. The van der Waals surface area contributed by atoms with Gasteiger partial charge in [-0.1, -0.05) is 56.0 Å². The summed E-state index contributed by atoms with van der Waals surface area (Å²) >= 11 is 0. The second-order valence-corrected chi connectivity index (χ2v) is 14.7. The molecule has 0 fully saturated rings. The Morgan fingerprint density at radius 2 is 1.20 bits per heavy atom. The van der Waals surface area contributed by atoms with Gasteiger partial charge in [0.05, 0.1) is 5.03 Å². The molecule has 4 heterocycles. The van der Waals surface area contributed by atoms with Crippen LogP contribution in [-0.4, -0.2) is 19.9 Å². The van der Waals surface area contributed by atoms with Gasteiger partial charge in [-0.05, 0) is 72.8 Å². The largest absolute Gasteiger partial charge is 0.455 e. The molecule has 0 atom stereocenters. The number of para-hydroxylation sites is 1. The van der Waals surface area contributed by atoms with Crippen LogP contribution >= 0.6 is 8.29 Å². The molecule has 2 aromatic carbocycles. The summed E-state index contributed by atoms with van der Waals surface area (Å²) in [6.07, 6.45) is 17.7. The first-order valence-electron chi connectivity index (χ1n) is 12.7. The second-order valence-electron chi connectivity index (χ2n) is 9.22. The number of hydrogen-bond acceptors (Lipinski definition) is 5. The number of benzene rings is 2. The highest BCUT2D eigenvalue weighted by Crippen LogP contribution is 3.09. The summed E-state index contributed by atoms with van der Waals surface area (Å²) < 4.78 is 6.66. The summed E-state index contributed by atoms with van der Waals surface area (Å²) in [5.74, 6) is 1.18. The topological polar surface area (TPSA) is 60.8 Å². The lowest BCUT2D eigenvalue weighted by Gasteiger charge is -2.73. The Hall–Kier alpha value is -5.25.